The van der Waals surface area contributed by atoms with Crippen LogP contribution in [-0.4, -0.2) is 15.5 Å². The van der Waals surface area contributed by atoms with Gasteiger partial charge in [0.05, 0.1) is 21.2 Å². The molecule has 0 spiro atoms. The quantitative estimate of drug-likeness (QED) is 0.418. The minimum absolute atomic E-state index is 0.293. The van der Waals surface area contributed by atoms with Crippen LogP contribution in [0.15, 0.2) is 51.9 Å². The number of hydrogen-bond donors (Lipinski definition) is 0. The summed E-state index contributed by atoms with van der Waals surface area (Å²) >= 11 is 13.6. The van der Waals surface area contributed by atoms with Gasteiger partial charge in [0.1, 0.15) is 0 Å². The summed E-state index contributed by atoms with van der Waals surface area (Å²) in [5.41, 5.74) is 1.29. The summed E-state index contributed by atoms with van der Waals surface area (Å²) in [5.74, 6) is 0. The first-order valence-electron chi connectivity index (χ1n) is 5.70. The number of nitrogens with zero attached hydrogens (tertiary/aromatic N) is 1. The van der Waals surface area contributed by atoms with Crippen molar-refractivity contribution in [2.24, 2.45) is 0 Å². The van der Waals surface area contributed by atoms with Crippen LogP contribution in [0.5, 0.6) is 0 Å². The fraction of sp³-hybridized carbons (Fsp3) is 0.0769. The molecule has 2 aromatic rings. The van der Waals surface area contributed by atoms with Gasteiger partial charge in [-0.05, 0) is 88.0 Å². The Balaban J connectivity index is 2.41. The molecule has 0 bridgehead atoms. The lowest BCUT2D eigenvalue weighted by Gasteiger charge is -2.30. The summed E-state index contributed by atoms with van der Waals surface area (Å²) in [6.07, 6.45) is 0. The summed E-state index contributed by atoms with van der Waals surface area (Å²) in [5, 5.41) is 0. The Kier molecular flexibility index (Phi) is 4.06. The van der Waals surface area contributed by atoms with Gasteiger partial charge in [0, 0.05) is 24.9 Å². The van der Waals surface area contributed by atoms with E-state index in [0.717, 1.165) is 8.95 Å². The Morgan fingerprint density at radius 3 is 1.48 bits per heavy atom. The molecule has 0 aliphatic carbocycles. The molecule has 1 aliphatic heterocycles. The van der Waals surface area contributed by atoms with Gasteiger partial charge in [-0.3, -0.25) is 0 Å². The van der Waals surface area contributed by atoms with Crippen molar-refractivity contribution in [3.05, 3.63) is 42.2 Å². The van der Waals surface area contributed by atoms with Crippen LogP contribution in [0.4, 0.5) is 11.4 Å². The zero-order valence-corrected chi connectivity index (χ0v) is 17.7. The third kappa shape index (κ3) is 2.43. The standard InChI is InChI=1S/C13H7Br4NO2S/c1-18-10-2-6(14)8(16)4-12(10)21(19,20)13-5-9(17)7(15)3-11(13)18/h2-5H,1H3. The molecule has 8 heteroatoms. The largest absolute Gasteiger partial charge is 0.342 e. The van der Waals surface area contributed by atoms with Crippen molar-refractivity contribution in [1.82, 2.24) is 0 Å². The second-order valence-electron chi connectivity index (χ2n) is 4.53. The van der Waals surface area contributed by atoms with Crippen LogP contribution in [0.1, 0.15) is 0 Å². The van der Waals surface area contributed by atoms with Crippen LogP contribution in [0.3, 0.4) is 0 Å². The van der Waals surface area contributed by atoms with E-state index in [4.69, 9.17) is 0 Å². The van der Waals surface area contributed by atoms with Crippen molar-refractivity contribution in [3.63, 3.8) is 0 Å². The van der Waals surface area contributed by atoms with Crippen LogP contribution in [0.2, 0.25) is 0 Å². The minimum atomic E-state index is -3.56. The van der Waals surface area contributed by atoms with E-state index in [2.05, 4.69) is 63.7 Å². The number of hydrogen-bond acceptors (Lipinski definition) is 3. The van der Waals surface area contributed by atoms with E-state index >= 15 is 0 Å². The summed E-state index contributed by atoms with van der Waals surface area (Å²) in [4.78, 5) is 2.46. The van der Waals surface area contributed by atoms with Crippen molar-refractivity contribution in [2.75, 3.05) is 11.9 Å². The van der Waals surface area contributed by atoms with Gasteiger partial charge in [-0.15, -0.1) is 0 Å². The maximum atomic E-state index is 12.9. The molecule has 21 heavy (non-hydrogen) atoms. The van der Waals surface area contributed by atoms with Crippen molar-refractivity contribution in [3.8, 4) is 0 Å². The summed E-state index contributed by atoms with van der Waals surface area (Å²) in [6.45, 7) is 0. The fourth-order valence-corrected chi connectivity index (χ4v) is 5.62. The van der Waals surface area contributed by atoms with Crippen LogP contribution in [0, 0.1) is 0 Å². The normalized spacial score (nSPS) is 15.6. The van der Waals surface area contributed by atoms with Crippen LogP contribution in [-0.2, 0) is 9.84 Å². The van der Waals surface area contributed by atoms with E-state index in [9.17, 15) is 8.42 Å². The first kappa shape index (κ1) is 16.0. The fourth-order valence-electron chi connectivity index (χ4n) is 2.24. The number of sulfone groups is 1. The minimum Gasteiger partial charge on any atom is -0.342 e. The zero-order chi connectivity index (χ0) is 15.5. The van der Waals surface area contributed by atoms with Crippen molar-refractivity contribution in [1.29, 1.82) is 0 Å². The molecular formula is C13H7Br4NO2S. The Hall–Kier alpha value is 0.110. The van der Waals surface area contributed by atoms with E-state index < -0.39 is 9.84 Å². The molecule has 0 radical (unpaired) electrons. The van der Waals surface area contributed by atoms with Gasteiger partial charge in [0.2, 0.25) is 9.84 Å². The molecule has 0 fully saturated rings. The van der Waals surface area contributed by atoms with Gasteiger partial charge in [-0.25, -0.2) is 8.42 Å². The maximum absolute atomic E-state index is 12.9. The third-order valence-corrected chi connectivity index (χ3v) is 8.81. The lowest BCUT2D eigenvalue weighted by Crippen LogP contribution is -2.22. The molecule has 0 N–H and O–H groups in total. The molecule has 0 unspecified atom stereocenters. The second kappa shape index (κ2) is 5.33. The third-order valence-electron chi connectivity index (χ3n) is 3.31. The highest BCUT2D eigenvalue weighted by atomic mass is 79.9. The zero-order valence-electron chi connectivity index (χ0n) is 10.5. The molecule has 0 aromatic heterocycles. The second-order valence-corrected chi connectivity index (χ2v) is 9.83. The SMILES string of the molecule is CN1c2cc(Br)c(Br)cc2S(=O)(=O)c2cc(Br)c(Br)cc21. The topological polar surface area (TPSA) is 37.4 Å². The van der Waals surface area contributed by atoms with Gasteiger partial charge in [-0.2, -0.15) is 0 Å². The van der Waals surface area contributed by atoms with Crippen LogP contribution < -0.4 is 4.90 Å². The molecule has 110 valence electrons. The van der Waals surface area contributed by atoms with Gasteiger partial charge in [0.25, 0.3) is 0 Å². The number of halogens is 4. The lowest BCUT2D eigenvalue weighted by atomic mass is 10.2. The highest BCUT2D eigenvalue weighted by molar-refractivity contribution is 9.13. The van der Waals surface area contributed by atoms with E-state index in [1.165, 1.54) is 0 Å². The molecule has 1 heterocycles. The Morgan fingerprint density at radius 1 is 0.762 bits per heavy atom. The highest BCUT2D eigenvalue weighted by Gasteiger charge is 2.34. The smallest absolute Gasteiger partial charge is 0.210 e. The summed E-state index contributed by atoms with van der Waals surface area (Å²) in [6, 6.07) is 6.86. The van der Waals surface area contributed by atoms with Gasteiger partial charge in [-0.1, -0.05) is 0 Å². The molecule has 0 amide bonds. The Bertz CT molecular complexity index is 815. The van der Waals surface area contributed by atoms with E-state index in [-0.39, 0.29) is 0 Å². The molecule has 1 aliphatic rings. The molecule has 2 aromatic carbocycles. The predicted octanol–water partition coefficient (Wildman–Crippen LogP) is 5.65. The molecule has 3 rings (SSSR count). The molecule has 0 saturated heterocycles. The Labute approximate surface area is 156 Å². The molecule has 0 atom stereocenters. The molecule has 0 saturated carbocycles. The average molecular weight is 561 g/mol. The number of rotatable bonds is 0. The number of fused-ring (bicyclic) bond motifs is 2. The van der Waals surface area contributed by atoms with Gasteiger partial charge >= 0.3 is 0 Å². The van der Waals surface area contributed by atoms with Crippen molar-refractivity contribution in [2.45, 2.75) is 9.79 Å². The Morgan fingerprint density at radius 2 is 1.10 bits per heavy atom. The monoisotopic (exact) mass is 557 g/mol. The van der Waals surface area contributed by atoms with Crippen molar-refractivity contribution < 1.29 is 8.42 Å². The molecule has 3 nitrogen and oxygen atoms in total. The average Bonchev–Trinajstić information content (AvgIpc) is 2.41. The first-order valence-corrected chi connectivity index (χ1v) is 10.4. The molecular weight excluding hydrogens is 554 g/mol. The number of benzene rings is 2. The van der Waals surface area contributed by atoms with Gasteiger partial charge < -0.3 is 4.90 Å². The van der Waals surface area contributed by atoms with Crippen molar-refractivity contribution >= 4 is 84.9 Å². The van der Waals surface area contributed by atoms with Gasteiger partial charge in [0.15, 0.2) is 0 Å². The maximum Gasteiger partial charge on any atom is 0.210 e. The van der Waals surface area contributed by atoms with E-state index in [1.807, 2.05) is 11.9 Å². The predicted molar refractivity (Wildman–Crippen MR) is 97.2 cm³/mol. The van der Waals surface area contributed by atoms with Crippen LogP contribution >= 0.6 is 63.7 Å². The highest BCUT2D eigenvalue weighted by Crippen LogP contribution is 2.47. The van der Waals surface area contributed by atoms with E-state index in [0.29, 0.717) is 30.1 Å². The number of anilines is 2. The van der Waals surface area contributed by atoms with E-state index in [1.54, 1.807) is 24.3 Å². The lowest BCUT2D eigenvalue weighted by molar-refractivity contribution is 0.594. The van der Waals surface area contributed by atoms with Crippen LogP contribution in [0.25, 0.3) is 0 Å². The first-order chi connectivity index (χ1) is 9.73. The summed E-state index contributed by atoms with van der Waals surface area (Å²) in [7, 11) is -1.70. The summed E-state index contributed by atoms with van der Waals surface area (Å²) < 4.78 is 28.8.